The molecule has 11 nitrogen and oxygen atoms in total. The lowest BCUT2D eigenvalue weighted by Gasteiger charge is -2.26. The highest BCUT2D eigenvalue weighted by Crippen LogP contribution is 2.31. The van der Waals surface area contributed by atoms with Gasteiger partial charge >= 0.3 is 0 Å². The Morgan fingerprint density at radius 1 is 0.897 bits per heavy atom. The van der Waals surface area contributed by atoms with Crippen LogP contribution in [-0.2, 0) is 14.8 Å². The van der Waals surface area contributed by atoms with Crippen molar-refractivity contribution in [3.05, 3.63) is 66.7 Å². The van der Waals surface area contributed by atoms with E-state index < -0.39 is 10.0 Å². The topological polar surface area (TPSA) is 144 Å². The predicted octanol–water partition coefficient (Wildman–Crippen LogP) is 3.74. The average molecular weight is 549 g/mol. The Labute approximate surface area is 226 Å². The molecule has 5 rings (SSSR count). The second-order valence-electron chi connectivity index (χ2n) is 9.05. The van der Waals surface area contributed by atoms with Crippen molar-refractivity contribution < 1.29 is 22.7 Å². The summed E-state index contributed by atoms with van der Waals surface area (Å²) >= 11 is 0. The molecular weight excluding hydrogens is 520 g/mol. The summed E-state index contributed by atoms with van der Waals surface area (Å²) in [5.74, 6) is 1.40. The molecule has 1 aliphatic heterocycles. The molecule has 0 spiro atoms. The van der Waals surface area contributed by atoms with Crippen LogP contribution in [0.25, 0.3) is 11.0 Å². The Kier molecular flexibility index (Phi) is 7.48. The van der Waals surface area contributed by atoms with E-state index in [0.29, 0.717) is 46.2 Å². The summed E-state index contributed by atoms with van der Waals surface area (Å²) in [5.41, 5.74) is 2.03. The van der Waals surface area contributed by atoms with E-state index in [2.05, 4.69) is 30.6 Å². The third kappa shape index (κ3) is 6.19. The van der Waals surface area contributed by atoms with E-state index >= 15 is 0 Å². The third-order valence-electron chi connectivity index (χ3n) is 6.18. The highest BCUT2D eigenvalue weighted by molar-refractivity contribution is 7.92. The van der Waals surface area contributed by atoms with E-state index in [4.69, 9.17) is 9.47 Å². The number of ether oxygens (including phenoxy) is 2. The molecule has 4 N–H and O–H groups in total. The number of nitrogens with zero attached hydrogens (tertiary/aromatic N) is 2. The maximum absolute atomic E-state index is 13.4. The van der Waals surface area contributed by atoms with Crippen LogP contribution in [0.5, 0.6) is 11.5 Å². The first-order valence-electron chi connectivity index (χ1n) is 12.2. The Morgan fingerprint density at radius 3 is 2.18 bits per heavy atom. The predicted molar refractivity (Wildman–Crippen MR) is 149 cm³/mol. The number of fused-ring (bicyclic) bond motifs is 1. The third-order valence-corrected chi connectivity index (χ3v) is 7.52. The molecule has 0 unspecified atom stereocenters. The smallest absolute Gasteiger partial charge is 0.263 e. The highest BCUT2D eigenvalue weighted by Gasteiger charge is 2.22. The maximum Gasteiger partial charge on any atom is 0.263 e. The lowest BCUT2D eigenvalue weighted by Crippen LogP contribution is -2.43. The van der Waals surface area contributed by atoms with Gasteiger partial charge in [-0.15, -0.1) is 0 Å². The fourth-order valence-corrected chi connectivity index (χ4v) is 5.12. The molecule has 39 heavy (non-hydrogen) atoms. The first kappa shape index (κ1) is 26.2. The van der Waals surface area contributed by atoms with Gasteiger partial charge in [0.2, 0.25) is 5.91 Å². The Bertz CT molecular complexity index is 1600. The molecule has 0 aliphatic carbocycles. The summed E-state index contributed by atoms with van der Waals surface area (Å²) in [4.78, 5) is 21.5. The van der Waals surface area contributed by atoms with E-state index in [0.717, 1.165) is 13.1 Å². The van der Waals surface area contributed by atoms with E-state index in [1.807, 2.05) is 6.07 Å². The normalized spacial score (nSPS) is 13.4. The SMILES string of the molecule is COc1cc(Nc2nc3ccccc3nc2NS(=O)(=O)c2cccc(NC(=O)CC3CNC3)c2)cc(OC)c1. The van der Waals surface area contributed by atoms with Crippen molar-refractivity contribution in [2.75, 3.05) is 42.7 Å². The van der Waals surface area contributed by atoms with E-state index in [9.17, 15) is 13.2 Å². The number of benzene rings is 3. The number of rotatable bonds is 10. The van der Waals surface area contributed by atoms with Gasteiger partial charge in [-0.2, -0.15) is 0 Å². The zero-order valence-corrected chi connectivity index (χ0v) is 22.2. The molecule has 3 aromatic carbocycles. The van der Waals surface area contributed by atoms with Gasteiger partial charge in [-0.3, -0.25) is 9.52 Å². The zero-order valence-electron chi connectivity index (χ0n) is 21.4. The Morgan fingerprint density at radius 2 is 1.56 bits per heavy atom. The minimum atomic E-state index is -4.10. The molecular formula is C27H28N6O5S. The van der Waals surface area contributed by atoms with E-state index in [1.165, 1.54) is 26.4 Å². The Balaban J connectivity index is 1.45. The number of anilines is 4. The van der Waals surface area contributed by atoms with Gasteiger partial charge in [-0.1, -0.05) is 18.2 Å². The first-order chi connectivity index (χ1) is 18.8. The molecule has 0 saturated carbocycles. The standard InChI is InChI=1S/C27H28N6O5S/c1-37-20-11-19(12-21(14-20)38-2)30-26-27(32-24-9-4-3-8-23(24)31-26)33-39(35,36)22-7-5-6-18(13-22)29-25(34)10-17-15-28-16-17/h3-9,11-14,17,28H,10,15-16H2,1-2H3,(H,29,34)(H,30,31)(H,32,33). The van der Waals surface area contributed by atoms with Crippen molar-refractivity contribution in [2.24, 2.45) is 5.92 Å². The van der Waals surface area contributed by atoms with Crippen LogP contribution in [0.4, 0.5) is 23.0 Å². The molecule has 1 aliphatic rings. The first-order valence-corrected chi connectivity index (χ1v) is 13.7. The van der Waals surface area contributed by atoms with Crippen LogP contribution in [0.2, 0.25) is 0 Å². The van der Waals surface area contributed by atoms with E-state index in [1.54, 1.807) is 48.5 Å². The number of sulfonamides is 1. The van der Waals surface area contributed by atoms with Gasteiger partial charge in [0, 0.05) is 36.0 Å². The van der Waals surface area contributed by atoms with Crippen molar-refractivity contribution in [3.63, 3.8) is 0 Å². The fraction of sp³-hybridized carbons (Fsp3) is 0.222. The molecule has 1 fully saturated rings. The van der Waals surface area contributed by atoms with Gasteiger partial charge in [0.25, 0.3) is 10.0 Å². The molecule has 1 saturated heterocycles. The summed E-state index contributed by atoms with van der Waals surface area (Å²) in [6, 6.07) is 18.4. The molecule has 4 aromatic rings. The molecule has 0 bridgehead atoms. The second kappa shape index (κ2) is 11.1. The summed E-state index contributed by atoms with van der Waals surface area (Å²) in [6.07, 6.45) is 0.374. The molecule has 0 radical (unpaired) electrons. The van der Waals surface area contributed by atoms with E-state index in [-0.39, 0.29) is 22.4 Å². The van der Waals surface area contributed by atoms with Crippen LogP contribution in [0.15, 0.2) is 71.6 Å². The molecule has 0 atom stereocenters. The largest absolute Gasteiger partial charge is 0.497 e. The molecule has 1 amide bonds. The van der Waals surface area contributed by atoms with Crippen molar-refractivity contribution in [3.8, 4) is 11.5 Å². The monoisotopic (exact) mass is 548 g/mol. The molecule has 1 aromatic heterocycles. The van der Waals surface area contributed by atoms with Crippen molar-refractivity contribution in [1.82, 2.24) is 15.3 Å². The number of amides is 1. The lowest BCUT2D eigenvalue weighted by molar-refractivity contribution is -0.117. The van der Waals surface area contributed by atoms with Gasteiger partial charge in [-0.25, -0.2) is 18.4 Å². The van der Waals surface area contributed by atoms with Crippen molar-refractivity contribution >= 4 is 50.0 Å². The van der Waals surface area contributed by atoms with Crippen LogP contribution < -0.4 is 30.1 Å². The number of nitrogens with one attached hydrogen (secondary N) is 4. The number of methoxy groups -OCH3 is 2. The molecule has 12 heteroatoms. The zero-order chi connectivity index (χ0) is 27.4. The average Bonchev–Trinajstić information content (AvgIpc) is 2.91. The summed E-state index contributed by atoms with van der Waals surface area (Å²) < 4.78 is 40.1. The Hall–Kier alpha value is -4.42. The van der Waals surface area contributed by atoms with Crippen LogP contribution in [-0.4, -0.2) is 51.6 Å². The van der Waals surface area contributed by atoms with Gasteiger partial charge in [-0.05, 0) is 49.3 Å². The fourth-order valence-electron chi connectivity index (χ4n) is 4.07. The minimum Gasteiger partial charge on any atom is -0.497 e. The van der Waals surface area contributed by atoms with Crippen molar-refractivity contribution in [2.45, 2.75) is 11.3 Å². The van der Waals surface area contributed by atoms with Crippen LogP contribution in [0, 0.1) is 5.92 Å². The highest BCUT2D eigenvalue weighted by atomic mass is 32.2. The number of hydrogen-bond donors (Lipinski definition) is 4. The van der Waals surface area contributed by atoms with Crippen LogP contribution >= 0.6 is 0 Å². The van der Waals surface area contributed by atoms with Crippen LogP contribution in [0.1, 0.15) is 6.42 Å². The van der Waals surface area contributed by atoms with Crippen LogP contribution in [0.3, 0.4) is 0 Å². The van der Waals surface area contributed by atoms with Gasteiger partial charge in [0.1, 0.15) is 11.5 Å². The maximum atomic E-state index is 13.4. The molecule has 202 valence electrons. The van der Waals surface area contributed by atoms with Gasteiger partial charge < -0.3 is 25.4 Å². The minimum absolute atomic E-state index is 0.00223. The number of hydrogen-bond acceptors (Lipinski definition) is 9. The quantitative estimate of drug-likeness (QED) is 0.233. The second-order valence-corrected chi connectivity index (χ2v) is 10.7. The van der Waals surface area contributed by atoms with Gasteiger partial charge in [0.15, 0.2) is 11.6 Å². The van der Waals surface area contributed by atoms with Crippen molar-refractivity contribution in [1.29, 1.82) is 0 Å². The summed E-state index contributed by atoms with van der Waals surface area (Å²) in [7, 11) is -1.03. The molecule has 2 heterocycles. The summed E-state index contributed by atoms with van der Waals surface area (Å²) in [5, 5.41) is 9.04. The number of para-hydroxylation sites is 2. The lowest BCUT2D eigenvalue weighted by atomic mass is 9.99. The number of aromatic nitrogens is 2. The number of carbonyl (C=O) groups excluding carboxylic acids is 1. The number of carbonyl (C=O) groups is 1. The summed E-state index contributed by atoms with van der Waals surface area (Å²) in [6.45, 7) is 1.61. The van der Waals surface area contributed by atoms with Gasteiger partial charge in [0.05, 0.1) is 30.1 Å².